The predicted octanol–water partition coefficient (Wildman–Crippen LogP) is 2.56. The second kappa shape index (κ2) is 9.92. The number of nitrogens with one attached hydrogen (secondary N) is 2. The van der Waals surface area contributed by atoms with Crippen LogP contribution in [0.1, 0.15) is 25.8 Å². The molecular weight excluding hydrogens is 438 g/mol. The first kappa shape index (κ1) is 22.5. The van der Waals surface area contributed by atoms with Crippen LogP contribution in [-0.2, 0) is 14.2 Å². The molecule has 1 unspecified atom stereocenters. The molecule has 2 N–H and O–H groups in total. The molecule has 180 valence electrons. The molecule has 2 aromatic heterocycles. The van der Waals surface area contributed by atoms with Crippen LogP contribution in [-0.4, -0.2) is 77.6 Å². The molecule has 11 heteroatoms. The van der Waals surface area contributed by atoms with Crippen LogP contribution in [0.5, 0.6) is 6.01 Å². The number of morpholine rings is 1. The maximum atomic E-state index is 5.87. The predicted molar refractivity (Wildman–Crippen MR) is 127 cm³/mol. The number of hydrogen-bond donors (Lipinski definition) is 2. The molecule has 1 atom stereocenters. The van der Waals surface area contributed by atoms with Crippen LogP contribution in [0.2, 0.25) is 0 Å². The Balaban J connectivity index is 1.28. The normalized spacial score (nSPS) is 20.3. The van der Waals surface area contributed by atoms with E-state index in [0.29, 0.717) is 57.8 Å². The SMILES string of the molecule is CC1(C)OCC(CCOc2nc(NN=Cc3c[nH]c4ccccc34)nc(N3CCOCC3)n2)O1. The van der Waals surface area contributed by atoms with Gasteiger partial charge in [0.1, 0.15) is 0 Å². The van der Waals surface area contributed by atoms with Gasteiger partial charge in [0.25, 0.3) is 5.95 Å². The lowest BCUT2D eigenvalue weighted by atomic mass is 10.2. The van der Waals surface area contributed by atoms with Gasteiger partial charge in [-0.05, 0) is 19.9 Å². The number of aromatic amines is 1. The summed E-state index contributed by atoms with van der Waals surface area (Å²) < 4.78 is 22.8. The van der Waals surface area contributed by atoms with Crippen LogP contribution in [0.4, 0.5) is 11.9 Å². The quantitative estimate of drug-likeness (QED) is 0.380. The Hall–Kier alpha value is -3.28. The van der Waals surface area contributed by atoms with Gasteiger partial charge in [-0.15, -0.1) is 0 Å². The zero-order valence-electron chi connectivity index (χ0n) is 19.4. The highest BCUT2D eigenvalue weighted by atomic mass is 16.7. The number of ether oxygens (including phenoxy) is 4. The van der Waals surface area contributed by atoms with E-state index in [1.54, 1.807) is 6.21 Å². The van der Waals surface area contributed by atoms with Crippen molar-refractivity contribution >= 4 is 29.0 Å². The molecule has 2 fully saturated rings. The number of aromatic nitrogens is 4. The van der Waals surface area contributed by atoms with Gasteiger partial charge in [-0.2, -0.15) is 20.1 Å². The van der Waals surface area contributed by atoms with Crippen LogP contribution >= 0.6 is 0 Å². The summed E-state index contributed by atoms with van der Waals surface area (Å²) >= 11 is 0. The molecule has 2 aliphatic heterocycles. The van der Waals surface area contributed by atoms with E-state index in [0.717, 1.165) is 16.5 Å². The van der Waals surface area contributed by atoms with Crippen LogP contribution < -0.4 is 15.1 Å². The number of hydrogen-bond acceptors (Lipinski definition) is 10. The van der Waals surface area contributed by atoms with Gasteiger partial charge in [0.2, 0.25) is 5.95 Å². The smallest absolute Gasteiger partial charge is 0.323 e. The molecule has 2 saturated heterocycles. The number of anilines is 2. The Bertz CT molecular complexity index is 1140. The number of para-hydroxylation sites is 1. The molecule has 34 heavy (non-hydrogen) atoms. The molecule has 0 aliphatic carbocycles. The third-order valence-corrected chi connectivity index (χ3v) is 5.62. The van der Waals surface area contributed by atoms with Crippen LogP contribution in [0.3, 0.4) is 0 Å². The first-order valence-electron chi connectivity index (χ1n) is 11.4. The van der Waals surface area contributed by atoms with E-state index in [9.17, 15) is 0 Å². The van der Waals surface area contributed by atoms with Gasteiger partial charge in [-0.1, -0.05) is 18.2 Å². The van der Waals surface area contributed by atoms with Gasteiger partial charge < -0.3 is 28.8 Å². The number of nitrogens with zero attached hydrogens (tertiary/aromatic N) is 5. The number of benzene rings is 1. The summed E-state index contributed by atoms with van der Waals surface area (Å²) in [5.74, 6) is 0.283. The van der Waals surface area contributed by atoms with Crippen molar-refractivity contribution in [3.63, 3.8) is 0 Å². The van der Waals surface area contributed by atoms with Crippen molar-refractivity contribution in [3.8, 4) is 6.01 Å². The molecule has 3 aromatic rings. The third-order valence-electron chi connectivity index (χ3n) is 5.62. The zero-order chi connectivity index (χ0) is 23.4. The molecular formula is C23H29N7O4. The van der Waals surface area contributed by atoms with Crippen LogP contribution in [0.25, 0.3) is 10.9 Å². The molecule has 0 saturated carbocycles. The van der Waals surface area contributed by atoms with Gasteiger partial charge in [0.15, 0.2) is 5.79 Å². The van der Waals surface area contributed by atoms with Crippen molar-refractivity contribution in [1.82, 2.24) is 19.9 Å². The maximum Gasteiger partial charge on any atom is 0.323 e. The van der Waals surface area contributed by atoms with E-state index in [2.05, 4.69) is 30.5 Å². The minimum Gasteiger partial charge on any atom is -0.463 e. The van der Waals surface area contributed by atoms with Crippen molar-refractivity contribution in [2.24, 2.45) is 5.10 Å². The van der Waals surface area contributed by atoms with Crippen LogP contribution in [0, 0.1) is 0 Å². The second-order valence-corrected chi connectivity index (χ2v) is 8.59. The standard InChI is InChI=1S/C23H29N7O4/c1-23(2)33-15-17(34-23)7-10-32-22-27-20(26-21(28-22)30-8-11-31-12-9-30)29-25-14-16-13-24-19-6-4-3-5-18(16)19/h3-6,13-14,17,24H,7-12,15H2,1-2H3,(H,26,27,28,29). The summed E-state index contributed by atoms with van der Waals surface area (Å²) in [6.45, 7) is 7.40. The Labute approximate surface area is 197 Å². The lowest BCUT2D eigenvalue weighted by Crippen LogP contribution is -2.37. The molecule has 0 radical (unpaired) electrons. The van der Waals surface area contributed by atoms with E-state index in [-0.39, 0.29) is 12.1 Å². The summed E-state index contributed by atoms with van der Waals surface area (Å²) in [4.78, 5) is 18.7. The number of rotatable bonds is 8. The topological polar surface area (TPSA) is 119 Å². The van der Waals surface area contributed by atoms with E-state index < -0.39 is 5.79 Å². The lowest BCUT2D eigenvalue weighted by Gasteiger charge is -2.26. The first-order valence-corrected chi connectivity index (χ1v) is 11.4. The fourth-order valence-electron chi connectivity index (χ4n) is 3.91. The second-order valence-electron chi connectivity index (χ2n) is 8.59. The van der Waals surface area contributed by atoms with Gasteiger partial charge in [0, 0.05) is 42.2 Å². The number of fused-ring (bicyclic) bond motifs is 1. The van der Waals surface area contributed by atoms with E-state index >= 15 is 0 Å². The summed E-state index contributed by atoms with van der Waals surface area (Å²) in [6, 6.07) is 8.28. The fraction of sp³-hybridized carbons (Fsp3) is 0.478. The highest BCUT2D eigenvalue weighted by molar-refractivity contribution is 5.99. The van der Waals surface area contributed by atoms with E-state index in [1.165, 1.54) is 0 Å². The van der Waals surface area contributed by atoms with Crippen molar-refractivity contribution in [3.05, 3.63) is 36.0 Å². The molecule has 0 amide bonds. The van der Waals surface area contributed by atoms with Gasteiger partial charge >= 0.3 is 6.01 Å². The molecule has 2 aliphatic rings. The molecule has 5 rings (SSSR count). The van der Waals surface area contributed by atoms with Crippen molar-refractivity contribution < 1.29 is 18.9 Å². The van der Waals surface area contributed by atoms with E-state index in [4.69, 9.17) is 18.9 Å². The Morgan fingerprint density at radius 3 is 2.91 bits per heavy atom. The summed E-state index contributed by atoms with van der Waals surface area (Å²) in [6.07, 6.45) is 4.29. The van der Waals surface area contributed by atoms with Crippen molar-refractivity contribution in [1.29, 1.82) is 0 Å². The van der Waals surface area contributed by atoms with E-state index in [1.807, 2.05) is 49.2 Å². The van der Waals surface area contributed by atoms with Gasteiger partial charge in [-0.3, -0.25) is 0 Å². The number of hydrazone groups is 1. The van der Waals surface area contributed by atoms with Crippen molar-refractivity contribution in [2.45, 2.75) is 32.2 Å². The monoisotopic (exact) mass is 467 g/mol. The maximum absolute atomic E-state index is 5.87. The highest BCUT2D eigenvalue weighted by Crippen LogP contribution is 2.24. The van der Waals surface area contributed by atoms with Gasteiger partial charge in [0.05, 0.1) is 38.7 Å². The summed E-state index contributed by atoms with van der Waals surface area (Å²) in [5.41, 5.74) is 4.93. The minimum absolute atomic E-state index is 0.0195. The average molecular weight is 468 g/mol. The fourth-order valence-corrected chi connectivity index (χ4v) is 3.91. The Kier molecular flexibility index (Phi) is 6.57. The van der Waals surface area contributed by atoms with Crippen molar-refractivity contribution in [2.75, 3.05) is 49.8 Å². The summed E-state index contributed by atoms with van der Waals surface area (Å²) in [7, 11) is 0. The zero-order valence-corrected chi connectivity index (χ0v) is 19.4. The molecule has 1 aromatic carbocycles. The molecule has 0 spiro atoms. The average Bonchev–Trinajstić information content (AvgIpc) is 3.42. The Morgan fingerprint density at radius 1 is 1.24 bits per heavy atom. The molecule has 0 bridgehead atoms. The largest absolute Gasteiger partial charge is 0.463 e. The third kappa shape index (κ3) is 5.44. The molecule has 4 heterocycles. The molecule has 11 nitrogen and oxygen atoms in total. The van der Waals surface area contributed by atoms with Gasteiger partial charge in [-0.25, -0.2) is 5.43 Å². The van der Waals surface area contributed by atoms with Crippen LogP contribution in [0.15, 0.2) is 35.6 Å². The number of H-pyrrole nitrogens is 1. The first-order chi connectivity index (χ1) is 16.6. The highest BCUT2D eigenvalue weighted by Gasteiger charge is 2.32. The minimum atomic E-state index is -0.554. The summed E-state index contributed by atoms with van der Waals surface area (Å²) in [5, 5.41) is 5.42. The lowest BCUT2D eigenvalue weighted by molar-refractivity contribution is -0.139. The Morgan fingerprint density at radius 2 is 2.09 bits per heavy atom.